The van der Waals surface area contributed by atoms with Crippen LogP contribution in [0.4, 0.5) is 0 Å². The molecule has 0 aliphatic rings. The van der Waals surface area contributed by atoms with Crippen molar-refractivity contribution in [2.75, 3.05) is 13.2 Å². The summed E-state index contributed by atoms with van der Waals surface area (Å²) in [6.45, 7) is 1.38. The molecule has 1 aromatic rings. The average molecular weight is 296 g/mol. The first-order chi connectivity index (χ1) is 8.28. The summed E-state index contributed by atoms with van der Waals surface area (Å²) in [6, 6.07) is 5.00. The van der Waals surface area contributed by atoms with E-state index in [0.29, 0.717) is 10.8 Å². The lowest BCUT2D eigenvalue weighted by atomic mass is 10.2. The van der Waals surface area contributed by atoms with E-state index in [0.717, 1.165) is 5.56 Å². The standard InChI is InChI=1S/C10H14ClNO5S/c1-7-4-9(2-3-10(7)11)17-6-8(13)5-12-18(14,15)16/h2-4,8,12-13H,5-6H2,1H3,(H,14,15,16). The molecule has 1 atom stereocenters. The number of nitrogens with one attached hydrogen (secondary N) is 1. The maximum Gasteiger partial charge on any atom is 0.333 e. The van der Waals surface area contributed by atoms with Crippen LogP contribution in [0, 0.1) is 6.92 Å². The Bertz CT molecular complexity index is 505. The van der Waals surface area contributed by atoms with Crippen molar-refractivity contribution in [1.82, 2.24) is 4.72 Å². The van der Waals surface area contributed by atoms with Crippen LogP contribution < -0.4 is 9.46 Å². The van der Waals surface area contributed by atoms with Gasteiger partial charge in [0.2, 0.25) is 0 Å². The summed E-state index contributed by atoms with van der Waals surface area (Å²) in [6.07, 6.45) is -1.07. The van der Waals surface area contributed by atoms with Crippen LogP contribution in [0.15, 0.2) is 18.2 Å². The van der Waals surface area contributed by atoms with E-state index < -0.39 is 16.4 Å². The van der Waals surface area contributed by atoms with Gasteiger partial charge in [-0.3, -0.25) is 4.55 Å². The Morgan fingerprint density at radius 2 is 2.17 bits per heavy atom. The fourth-order valence-electron chi connectivity index (χ4n) is 1.16. The molecular weight excluding hydrogens is 282 g/mol. The topological polar surface area (TPSA) is 95.9 Å². The minimum atomic E-state index is -4.30. The molecule has 8 heteroatoms. The molecule has 0 aromatic heterocycles. The largest absolute Gasteiger partial charge is 0.491 e. The highest BCUT2D eigenvalue weighted by Gasteiger charge is 2.10. The molecule has 0 radical (unpaired) electrons. The van der Waals surface area contributed by atoms with Crippen LogP contribution in [-0.2, 0) is 10.3 Å². The van der Waals surface area contributed by atoms with Crippen LogP contribution in [0.5, 0.6) is 5.75 Å². The zero-order valence-corrected chi connectivity index (χ0v) is 11.2. The summed E-state index contributed by atoms with van der Waals surface area (Å²) >= 11 is 5.83. The molecule has 0 aliphatic carbocycles. The summed E-state index contributed by atoms with van der Waals surface area (Å²) < 4.78 is 36.2. The predicted molar refractivity (Wildman–Crippen MR) is 67.2 cm³/mol. The lowest BCUT2D eigenvalue weighted by molar-refractivity contribution is 0.110. The lowest BCUT2D eigenvalue weighted by Crippen LogP contribution is -2.34. The molecule has 0 bridgehead atoms. The highest BCUT2D eigenvalue weighted by atomic mass is 35.5. The normalized spacial score (nSPS) is 13.3. The van der Waals surface area contributed by atoms with Crippen LogP contribution in [0.1, 0.15) is 5.56 Å². The molecule has 0 amide bonds. The van der Waals surface area contributed by atoms with Gasteiger partial charge in [-0.05, 0) is 30.7 Å². The number of benzene rings is 1. The molecule has 0 heterocycles. The molecule has 0 fully saturated rings. The van der Waals surface area contributed by atoms with Gasteiger partial charge >= 0.3 is 10.3 Å². The third-order valence-electron chi connectivity index (χ3n) is 2.07. The second kappa shape index (κ2) is 6.35. The van der Waals surface area contributed by atoms with E-state index >= 15 is 0 Å². The monoisotopic (exact) mass is 295 g/mol. The summed E-state index contributed by atoms with van der Waals surface area (Å²) in [5, 5.41) is 10.0. The fraction of sp³-hybridized carbons (Fsp3) is 0.400. The smallest absolute Gasteiger partial charge is 0.333 e. The van der Waals surface area contributed by atoms with Gasteiger partial charge in [-0.1, -0.05) is 11.6 Å². The number of aliphatic hydroxyl groups is 1. The van der Waals surface area contributed by atoms with Crippen molar-refractivity contribution >= 4 is 21.9 Å². The SMILES string of the molecule is Cc1cc(OCC(O)CNS(=O)(=O)O)ccc1Cl. The molecule has 18 heavy (non-hydrogen) atoms. The third-order valence-corrected chi connectivity index (χ3v) is 3.03. The van der Waals surface area contributed by atoms with Gasteiger partial charge in [-0.2, -0.15) is 13.1 Å². The van der Waals surface area contributed by atoms with E-state index in [1.165, 1.54) is 0 Å². The van der Waals surface area contributed by atoms with Crippen molar-refractivity contribution in [2.24, 2.45) is 0 Å². The predicted octanol–water partition coefficient (Wildman–Crippen LogP) is 0.781. The average Bonchev–Trinajstić information content (AvgIpc) is 2.27. The highest BCUT2D eigenvalue weighted by Crippen LogP contribution is 2.20. The van der Waals surface area contributed by atoms with Crippen molar-refractivity contribution < 1.29 is 22.8 Å². The summed E-state index contributed by atoms with van der Waals surface area (Å²) in [7, 11) is -4.30. The number of aryl methyl sites for hydroxylation is 1. The van der Waals surface area contributed by atoms with Gasteiger partial charge < -0.3 is 9.84 Å². The molecule has 1 rings (SSSR count). The van der Waals surface area contributed by atoms with Gasteiger partial charge in [0.15, 0.2) is 0 Å². The van der Waals surface area contributed by atoms with E-state index in [1.807, 2.05) is 6.92 Å². The number of aliphatic hydroxyl groups excluding tert-OH is 1. The maximum atomic E-state index is 10.4. The Hall–Kier alpha value is -0.860. The molecular formula is C10H14ClNO5S. The second-order valence-electron chi connectivity index (χ2n) is 3.70. The molecule has 3 N–H and O–H groups in total. The van der Waals surface area contributed by atoms with E-state index in [2.05, 4.69) is 0 Å². The number of ether oxygens (including phenoxy) is 1. The highest BCUT2D eigenvalue weighted by molar-refractivity contribution is 7.83. The Morgan fingerprint density at radius 3 is 2.72 bits per heavy atom. The van der Waals surface area contributed by atoms with Gasteiger partial charge in [-0.25, -0.2) is 0 Å². The number of hydrogen-bond acceptors (Lipinski definition) is 4. The Morgan fingerprint density at radius 1 is 1.50 bits per heavy atom. The molecule has 0 saturated heterocycles. The molecule has 0 spiro atoms. The van der Waals surface area contributed by atoms with Gasteiger partial charge in [0, 0.05) is 11.6 Å². The number of rotatable bonds is 6. The molecule has 6 nitrogen and oxygen atoms in total. The summed E-state index contributed by atoms with van der Waals surface area (Å²) in [4.78, 5) is 0. The number of hydrogen-bond donors (Lipinski definition) is 3. The van der Waals surface area contributed by atoms with Gasteiger partial charge in [0.1, 0.15) is 18.5 Å². The van der Waals surface area contributed by atoms with E-state index in [9.17, 15) is 13.5 Å². The third kappa shape index (κ3) is 5.65. The van der Waals surface area contributed by atoms with Crippen LogP contribution >= 0.6 is 11.6 Å². The quantitative estimate of drug-likeness (QED) is 0.674. The zero-order chi connectivity index (χ0) is 13.8. The Labute approximate surface area is 110 Å². The summed E-state index contributed by atoms with van der Waals surface area (Å²) in [5.74, 6) is 0.516. The lowest BCUT2D eigenvalue weighted by Gasteiger charge is -2.12. The summed E-state index contributed by atoms with van der Waals surface area (Å²) in [5.41, 5.74) is 0.833. The second-order valence-corrected chi connectivity index (χ2v) is 5.35. The van der Waals surface area contributed by atoms with Crippen molar-refractivity contribution in [3.8, 4) is 5.75 Å². The van der Waals surface area contributed by atoms with Crippen LogP contribution in [0.3, 0.4) is 0 Å². The Kier molecular flexibility index (Phi) is 5.36. The van der Waals surface area contributed by atoms with E-state index in [-0.39, 0.29) is 13.2 Å². The van der Waals surface area contributed by atoms with E-state index in [1.54, 1.807) is 22.9 Å². The first-order valence-corrected chi connectivity index (χ1v) is 6.89. The van der Waals surface area contributed by atoms with Gasteiger partial charge in [-0.15, -0.1) is 0 Å². The van der Waals surface area contributed by atoms with Gasteiger partial charge in [0.05, 0.1) is 0 Å². The van der Waals surface area contributed by atoms with Crippen molar-refractivity contribution in [3.63, 3.8) is 0 Å². The van der Waals surface area contributed by atoms with Crippen molar-refractivity contribution in [2.45, 2.75) is 13.0 Å². The van der Waals surface area contributed by atoms with Crippen LogP contribution in [0.25, 0.3) is 0 Å². The van der Waals surface area contributed by atoms with Crippen LogP contribution in [0.2, 0.25) is 5.02 Å². The first kappa shape index (κ1) is 15.2. The minimum absolute atomic E-state index is 0.108. The Balaban J connectivity index is 2.42. The van der Waals surface area contributed by atoms with Crippen LogP contribution in [-0.4, -0.2) is 37.3 Å². The first-order valence-electron chi connectivity index (χ1n) is 5.07. The fourth-order valence-corrected chi connectivity index (χ4v) is 1.68. The zero-order valence-electron chi connectivity index (χ0n) is 9.63. The molecule has 1 aromatic carbocycles. The van der Waals surface area contributed by atoms with Crippen molar-refractivity contribution in [3.05, 3.63) is 28.8 Å². The molecule has 0 aliphatic heterocycles. The van der Waals surface area contributed by atoms with Gasteiger partial charge in [0.25, 0.3) is 0 Å². The molecule has 1 unspecified atom stereocenters. The molecule has 102 valence electrons. The minimum Gasteiger partial charge on any atom is -0.491 e. The van der Waals surface area contributed by atoms with E-state index in [4.69, 9.17) is 20.9 Å². The maximum absolute atomic E-state index is 10.4. The molecule has 0 saturated carbocycles. The van der Waals surface area contributed by atoms with Crippen molar-refractivity contribution in [1.29, 1.82) is 0 Å². The number of halogens is 1.